The average Bonchev–Trinajstić information content (AvgIpc) is 1.08. The number of benzene rings is 12. The van der Waals surface area contributed by atoms with E-state index in [-0.39, 0.29) is 33.8 Å². The van der Waals surface area contributed by atoms with E-state index in [0.29, 0.717) is 0 Å². The highest BCUT2D eigenvalue weighted by molar-refractivity contribution is 7.00. The smallest absolute Gasteiger partial charge is 0.252 e. The minimum absolute atomic E-state index is 0.0340. The van der Waals surface area contributed by atoms with Gasteiger partial charge in [0.15, 0.2) is 0 Å². The SMILES string of the molecule is CC(C)(C)c1cc2c3c(c1)-n1c4ccc(C(C)(C)C)cc4c4cc(C(C)(C)C)cc(c41)N3c1cc(N(c3ccccc3)c3ccccc3)cc3c1B2c1ccc(-n2c4ccc(C(C)(C)C)cc4c4cc(C(C)(C)C)ccc42)cc1N3c1ccc(-c2cccc3ccccc23)cc1. The zero-order chi connectivity index (χ0) is 66.4. The lowest BCUT2D eigenvalue weighted by Crippen LogP contribution is -2.62. The topological polar surface area (TPSA) is 19.6 Å². The van der Waals surface area contributed by atoms with Crippen LogP contribution in [0.25, 0.3) is 76.9 Å². The van der Waals surface area contributed by atoms with Crippen LogP contribution >= 0.6 is 0 Å². The van der Waals surface area contributed by atoms with Gasteiger partial charge in [-0.05, 0) is 208 Å². The molecule has 2 aromatic heterocycles. The average molecular weight is 1250 g/mol. The van der Waals surface area contributed by atoms with Crippen LogP contribution < -0.4 is 31.1 Å². The van der Waals surface area contributed by atoms with Crippen molar-refractivity contribution < 1.29 is 0 Å². The Morgan fingerprint density at radius 2 is 0.781 bits per heavy atom. The van der Waals surface area contributed by atoms with Gasteiger partial charge >= 0.3 is 0 Å². The van der Waals surface area contributed by atoms with Gasteiger partial charge in [0.1, 0.15) is 0 Å². The van der Waals surface area contributed by atoms with E-state index < -0.39 is 0 Å². The van der Waals surface area contributed by atoms with Gasteiger partial charge in [0.2, 0.25) is 0 Å². The molecule has 12 aromatic carbocycles. The summed E-state index contributed by atoms with van der Waals surface area (Å²) in [5, 5.41) is 7.61. The van der Waals surface area contributed by atoms with Gasteiger partial charge in [0.25, 0.3) is 6.71 Å². The lowest BCUT2D eigenvalue weighted by atomic mass is 9.33. The van der Waals surface area contributed by atoms with E-state index >= 15 is 0 Å². The first-order chi connectivity index (χ1) is 45.8. The van der Waals surface area contributed by atoms with E-state index in [0.717, 1.165) is 39.8 Å². The highest BCUT2D eigenvalue weighted by Gasteiger charge is 2.48. The zero-order valence-corrected chi connectivity index (χ0v) is 58.3. The fourth-order valence-electron chi connectivity index (χ4n) is 16.0. The Kier molecular flexibility index (Phi) is 12.9. The number of fused-ring (bicyclic) bond motifs is 13. The number of nitrogens with zero attached hydrogens (tertiary/aromatic N) is 5. The van der Waals surface area contributed by atoms with Crippen molar-refractivity contribution in [2.75, 3.05) is 14.7 Å². The van der Waals surface area contributed by atoms with Gasteiger partial charge in [0.05, 0.1) is 44.8 Å². The molecule has 0 aliphatic carbocycles. The summed E-state index contributed by atoms with van der Waals surface area (Å²) in [7, 11) is 0. The van der Waals surface area contributed by atoms with Gasteiger partial charge in [-0.3, -0.25) is 0 Å². The predicted molar refractivity (Wildman–Crippen MR) is 414 cm³/mol. The van der Waals surface area contributed by atoms with Gasteiger partial charge in [0, 0.05) is 61.4 Å². The minimum Gasteiger partial charge on any atom is -0.311 e. The molecule has 96 heavy (non-hydrogen) atoms. The largest absolute Gasteiger partial charge is 0.311 e. The van der Waals surface area contributed by atoms with Crippen LogP contribution in [0.2, 0.25) is 0 Å². The number of hydrogen-bond donors (Lipinski definition) is 0. The van der Waals surface area contributed by atoms with Gasteiger partial charge in [-0.2, -0.15) is 0 Å². The summed E-state index contributed by atoms with van der Waals surface area (Å²) < 4.78 is 5.21. The maximum Gasteiger partial charge on any atom is 0.252 e. The highest BCUT2D eigenvalue weighted by Crippen LogP contribution is 2.56. The number of anilines is 9. The molecule has 5 heterocycles. The summed E-state index contributed by atoms with van der Waals surface area (Å²) in [4.78, 5) is 7.84. The molecule has 0 N–H and O–H groups in total. The van der Waals surface area contributed by atoms with Crippen molar-refractivity contribution in [2.24, 2.45) is 0 Å². The monoisotopic (exact) mass is 1250 g/mol. The Labute approximate surface area is 567 Å². The molecule has 0 saturated heterocycles. The molecule has 0 radical (unpaired) electrons. The first-order valence-electron chi connectivity index (χ1n) is 34.6. The maximum absolute atomic E-state index is 2.72. The van der Waals surface area contributed by atoms with Crippen molar-refractivity contribution >= 4 is 129 Å². The predicted octanol–water partition coefficient (Wildman–Crippen LogP) is 23.1. The Morgan fingerprint density at radius 1 is 0.302 bits per heavy atom. The summed E-state index contributed by atoms with van der Waals surface area (Å²) in [5.41, 5.74) is 29.9. The second-order valence-corrected chi connectivity index (χ2v) is 32.8. The summed E-state index contributed by atoms with van der Waals surface area (Å²) in [5.74, 6) is 0. The van der Waals surface area contributed by atoms with E-state index in [2.05, 4.69) is 364 Å². The Morgan fingerprint density at radius 3 is 1.35 bits per heavy atom. The molecule has 0 saturated carbocycles. The van der Waals surface area contributed by atoms with Crippen LogP contribution in [0.1, 0.15) is 132 Å². The van der Waals surface area contributed by atoms with Crippen molar-refractivity contribution in [3.63, 3.8) is 0 Å². The molecule has 3 aliphatic heterocycles. The molecule has 0 bridgehead atoms. The molecule has 0 fully saturated rings. The van der Waals surface area contributed by atoms with Gasteiger partial charge < -0.3 is 23.8 Å². The lowest BCUT2D eigenvalue weighted by molar-refractivity contribution is 0.590. The van der Waals surface area contributed by atoms with Crippen LogP contribution in [-0.2, 0) is 27.1 Å². The molecule has 0 atom stereocenters. The third-order valence-electron chi connectivity index (χ3n) is 21.3. The second-order valence-electron chi connectivity index (χ2n) is 32.8. The molecular formula is C90H84BN5. The third kappa shape index (κ3) is 9.18. The van der Waals surface area contributed by atoms with Crippen molar-refractivity contribution in [3.05, 3.63) is 264 Å². The third-order valence-corrected chi connectivity index (χ3v) is 21.3. The first kappa shape index (κ1) is 59.7. The Hall–Kier alpha value is -10.0. The molecule has 0 amide bonds. The number of rotatable bonds is 6. The summed E-state index contributed by atoms with van der Waals surface area (Å²) >= 11 is 0. The molecule has 5 nitrogen and oxygen atoms in total. The minimum atomic E-state index is -0.192. The van der Waals surface area contributed by atoms with Crippen molar-refractivity contribution in [1.82, 2.24) is 9.13 Å². The van der Waals surface area contributed by atoms with Crippen LogP contribution in [0.5, 0.6) is 0 Å². The number of aromatic nitrogens is 2. The molecule has 3 aliphatic rings. The molecule has 17 rings (SSSR count). The van der Waals surface area contributed by atoms with Crippen molar-refractivity contribution in [3.8, 4) is 22.5 Å². The van der Waals surface area contributed by atoms with Crippen LogP contribution in [0.15, 0.2) is 237 Å². The highest BCUT2D eigenvalue weighted by atomic mass is 15.2. The Balaban J connectivity index is 1.03. The molecule has 0 spiro atoms. The van der Waals surface area contributed by atoms with Crippen molar-refractivity contribution in [1.29, 1.82) is 0 Å². The molecule has 6 heteroatoms. The normalized spacial score (nSPS) is 13.7. The van der Waals surface area contributed by atoms with Crippen LogP contribution in [0.4, 0.5) is 51.2 Å². The molecule has 0 unspecified atom stereocenters. The maximum atomic E-state index is 2.72. The lowest BCUT2D eigenvalue weighted by Gasteiger charge is -2.47. The van der Waals surface area contributed by atoms with Crippen molar-refractivity contribution in [2.45, 2.75) is 131 Å². The molecular weight excluding hydrogens is 1160 g/mol. The quantitative estimate of drug-likeness (QED) is 0.155. The van der Waals surface area contributed by atoms with E-state index in [1.807, 2.05) is 0 Å². The zero-order valence-electron chi connectivity index (χ0n) is 58.3. The van der Waals surface area contributed by atoms with Gasteiger partial charge in [-0.1, -0.05) is 225 Å². The van der Waals surface area contributed by atoms with Gasteiger partial charge in [-0.25, -0.2) is 0 Å². The van der Waals surface area contributed by atoms with E-state index in [4.69, 9.17) is 0 Å². The van der Waals surface area contributed by atoms with E-state index in [1.165, 1.54) is 132 Å². The summed E-state index contributed by atoms with van der Waals surface area (Å²) in [6, 6.07) is 91.5. The Bertz CT molecular complexity index is 5440. The first-order valence-corrected chi connectivity index (χ1v) is 34.6. The van der Waals surface area contributed by atoms with Crippen LogP contribution in [0, 0.1) is 0 Å². The number of hydrogen-bond acceptors (Lipinski definition) is 3. The fraction of sp³-hybridized carbons (Fsp3) is 0.222. The van der Waals surface area contributed by atoms with E-state index in [9.17, 15) is 0 Å². The van der Waals surface area contributed by atoms with Gasteiger partial charge in [-0.15, -0.1) is 0 Å². The molecule has 14 aromatic rings. The summed E-state index contributed by atoms with van der Waals surface area (Å²) in [6.45, 7) is 35.2. The summed E-state index contributed by atoms with van der Waals surface area (Å²) in [6.07, 6.45) is 0. The fourth-order valence-corrected chi connectivity index (χ4v) is 16.0. The standard InChI is InChI=1S/C90H84BN5/c1-86(2,3)57-35-42-75-69(45-57)70-46-58(87(4,5)6)36-43-76(70)94(75)65-40-41-73-78(52-65)93(64-38-33-56(34-39-64)68-32-24-26-55-25-22-23-31-67(55)68)79-53-66(92(62-27-18-16-19-28-62)63-29-20-17-21-30-63)54-80-83(79)91(73)74-49-61(90(13,14)15)51-82-85(74)96(80)81-50-60(89(10,11)12)48-72-71-47-59(88(7,8)9)37-44-77(71)95(82)84(72)81/h16-54H,1-15H3. The number of para-hydroxylation sites is 2. The van der Waals surface area contributed by atoms with E-state index in [1.54, 1.807) is 0 Å². The van der Waals surface area contributed by atoms with Crippen LogP contribution in [-0.4, -0.2) is 15.8 Å². The molecule has 472 valence electrons. The second kappa shape index (κ2) is 20.7. The van der Waals surface area contributed by atoms with Crippen LogP contribution in [0.3, 0.4) is 0 Å².